The van der Waals surface area contributed by atoms with Crippen LogP contribution in [0.1, 0.15) is 15.9 Å². The first kappa shape index (κ1) is 19.9. The van der Waals surface area contributed by atoms with Gasteiger partial charge in [0, 0.05) is 24.1 Å². The average molecular weight is 421 g/mol. The number of hydrogen-bond donors (Lipinski definition) is 0. The molecule has 0 atom stereocenters. The molecule has 0 N–H and O–H groups in total. The number of thiazole rings is 1. The van der Waals surface area contributed by atoms with Crippen molar-refractivity contribution in [1.29, 1.82) is 0 Å². The first-order valence-electron chi connectivity index (χ1n) is 8.28. The highest BCUT2D eigenvalue weighted by Gasteiger charge is 2.13. The summed E-state index contributed by atoms with van der Waals surface area (Å²) in [6.45, 7) is 2.78. The molecule has 3 rings (SSSR count). The normalized spacial score (nSPS) is 12.6. The quantitative estimate of drug-likeness (QED) is 0.633. The molecular formula is C19H20N2O3S3. The molecule has 0 aliphatic rings. The smallest absolute Gasteiger partial charge is 0.279 e. The summed E-state index contributed by atoms with van der Waals surface area (Å²) < 4.78 is 26.6. The van der Waals surface area contributed by atoms with Crippen LogP contribution in [0.15, 0.2) is 52.4 Å². The van der Waals surface area contributed by atoms with E-state index < -0.39 is 15.7 Å². The number of carbonyl (C=O) groups excluding carboxylic acids is 1. The fourth-order valence-electron chi connectivity index (χ4n) is 2.68. The predicted molar refractivity (Wildman–Crippen MR) is 112 cm³/mol. The van der Waals surface area contributed by atoms with E-state index in [0.717, 1.165) is 34.3 Å². The van der Waals surface area contributed by atoms with Gasteiger partial charge in [-0.3, -0.25) is 4.79 Å². The van der Waals surface area contributed by atoms with Crippen LogP contribution in [0.4, 0.5) is 0 Å². The van der Waals surface area contributed by atoms with E-state index in [4.69, 9.17) is 0 Å². The molecule has 0 radical (unpaired) electrons. The molecule has 1 heterocycles. The van der Waals surface area contributed by atoms with Crippen molar-refractivity contribution in [3.8, 4) is 0 Å². The third kappa shape index (κ3) is 4.51. The maximum Gasteiger partial charge on any atom is 0.279 e. The molecule has 0 unspecified atom stereocenters. The third-order valence-electron chi connectivity index (χ3n) is 4.06. The van der Waals surface area contributed by atoms with Crippen LogP contribution in [0.25, 0.3) is 10.2 Å². The van der Waals surface area contributed by atoms with Gasteiger partial charge in [0.1, 0.15) is 0 Å². The summed E-state index contributed by atoms with van der Waals surface area (Å²) >= 11 is 3.20. The number of aromatic nitrogens is 1. The minimum atomic E-state index is -3.38. The number of amides is 1. The van der Waals surface area contributed by atoms with Crippen LogP contribution in [0.3, 0.4) is 0 Å². The van der Waals surface area contributed by atoms with Crippen molar-refractivity contribution in [2.75, 3.05) is 18.3 Å². The zero-order valence-corrected chi connectivity index (χ0v) is 17.7. The van der Waals surface area contributed by atoms with E-state index in [1.807, 2.05) is 23.8 Å². The number of thioether (sulfide) groups is 1. The lowest BCUT2D eigenvalue weighted by atomic mass is 10.2. The Labute approximate surface area is 166 Å². The standard InChI is InChI=1S/C19H20N2O3S3/c1-13-7-8-16-17(11-13)26-19(21(16)9-10-25-2)20-18(22)14-5-4-6-15(12-14)27(3,23)24/h4-8,11-12H,9-10H2,1-3H3. The minimum absolute atomic E-state index is 0.116. The van der Waals surface area contributed by atoms with Gasteiger partial charge in [-0.2, -0.15) is 16.8 Å². The number of nitrogens with zero attached hydrogens (tertiary/aromatic N) is 2. The highest BCUT2D eigenvalue weighted by molar-refractivity contribution is 7.98. The molecular weight excluding hydrogens is 400 g/mol. The van der Waals surface area contributed by atoms with Gasteiger partial charge in [-0.25, -0.2) is 8.42 Å². The van der Waals surface area contributed by atoms with Crippen molar-refractivity contribution in [3.63, 3.8) is 0 Å². The van der Waals surface area contributed by atoms with Crippen molar-refractivity contribution < 1.29 is 13.2 Å². The Hall–Kier alpha value is -1.90. The maximum absolute atomic E-state index is 12.7. The molecule has 5 nitrogen and oxygen atoms in total. The van der Waals surface area contributed by atoms with E-state index in [2.05, 4.69) is 17.1 Å². The van der Waals surface area contributed by atoms with Gasteiger partial charge in [-0.15, -0.1) is 0 Å². The molecule has 0 fully saturated rings. The highest BCUT2D eigenvalue weighted by Crippen LogP contribution is 2.20. The van der Waals surface area contributed by atoms with Gasteiger partial charge in [0.05, 0.1) is 15.1 Å². The molecule has 8 heteroatoms. The van der Waals surface area contributed by atoms with Gasteiger partial charge < -0.3 is 4.57 Å². The Morgan fingerprint density at radius 3 is 2.70 bits per heavy atom. The zero-order valence-electron chi connectivity index (χ0n) is 15.3. The minimum Gasteiger partial charge on any atom is -0.316 e. The van der Waals surface area contributed by atoms with Crippen LogP contribution in [0.2, 0.25) is 0 Å². The second-order valence-electron chi connectivity index (χ2n) is 6.22. The first-order chi connectivity index (χ1) is 12.8. The molecule has 0 saturated heterocycles. The largest absolute Gasteiger partial charge is 0.316 e. The molecule has 2 aromatic carbocycles. The zero-order chi connectivity index (χ0) is 19.6. The van der Waals surface area contributed by atoms with Gasteiger partial charge in [0.2, 0.25) is 0 Å². The number of carbonyl (C=O) groups is 1. The summed E-state index contributed by atoms with van der Waals surface area (Å²) in [6.07, 6.45) is 3.16. The van der Waals surface area contributed by atoms with Crippen LogP contribution >= 0.6 is 23.1 Å². The summed E-state index contributed by atoms with van der Waals surface area (Å²) in [5.74, 6) is 0.465. The monoisotopic (exact) mass is 420 g/mol. The van der Waals surface area contributed by atoms with Crippen LogP contribution in [-0.4, -0.2) is 37.2 Å². The number of aryl methyl sites for hydroxylation is 2. The molecule has 27 heavy (non-hydrogen) atoms. The molecule has 0 aliphatic heterocycles. The predicted octanol–water partition coefficient (Wildman–Crippen LogP) is 3.52. The molecule has 1 aromatic heterocycles. The molecule has 0 saturated carbocycles. The lowest BCUT2D eigenvalue weighted by Crippen LogP contribution is -2.18. The average Bonchev–Trinajstić information content (AvgIpc) is 2.95. The Bertz CT molecular complexity index is 1170. The van der Waals surface area contributed by atoms with Crippen LogP contribution in [-0.2, 0) is 16.4 Å². The topological polar surface area (TPSA) is 68.5 Å². The fourth-order valence-corrected chi connectivity index (χ4v) is 4.86. The van der Waals surface area contributed by atoms with E-state index in [0.29, 0.717) is 4.80 Å². The van der Waals surface area contributed by atoms with E-state index in [-0.39, 0.29) is 10.5 Å². The maximum atomic E-state index is 12.7. The summed E-state index contributed by atoms with van der Waals surface area (Å²) in [5, 5.41) is 0. The number of benzene rings is 2. The van der Waals surface area contributed by atoms with Crippen molar-refractivity contribution in [3.05, 3.63) is 58.4 Å². The van der Waals surface area contributed by atoms with E-state index >= 15 is 0 Å². The summed E-state index contributed by atoms with van der Waals surface area (Å²) in [4.78, 5) is 17.7. The number of sulfone groups is 1. The summed E-state index contributed by atoms with van der Waals surface area (Å²) in [6, 6.07) is 12.2. The second kappa shape index (κ2) is 8.00. The molecule has 0 aliphatic carbocycles. The second-order valence-corrected chi connectivity index (χ2v) is 10.2. The molecule has 3 aromatic rings. The lowest BCUT2D eigenvalue weighted by molar-refractivity contribution is 0.0997. The third-order valence-corrected chi connectivity index (χ3v) is 6.81. The van der Waals surface area contributed by atoms with Gasteiger partial charge in [0.25, 0.3) is 5.91 Å². The van der Waals surface area contributed by atoms with Gasteiger partial charge in [-0.05, 0) is 49.1 Å². The lowest BCUT2D eigenvalue weighted by Gasteiger charge is -2.04. The van der Waals surface area contributed by atoms with Gasteiger partial charge >= 0.3 is 0 Å². The molecule has 142 valence electrons. The number of hydrogen-bond acceptors (Lipinski definition) is 5. The van der Waals surface area contributed by atoms with Crippen LogP contribution in [0.5, 0.6) is 0 Å². The highest BCUT2D eigenvalue weighted by atomic mass is 32.2. The van der Waals surface area contributed by atoms with E-state index in [9.17, 15) is 13.2 Å². The summed E-state index contributed by atoms with van der Waals surface area (Å²) in [7, 11) is -3.38. The number of fused-ring (bicyclic) bond motifs is 1. The SMILES string of the molecule is CSCCn1c(=NC(=O)c2cccc(S(C)(=O)=O)c2)sc2cc(C)ccc21. The number of rotatable bonds is 5. The first-order valence-corrected chi connectivity index (χ1v) is 12.4. The molecule has 1 amide bonds. The van der Waals surface area contributed by atoms with Gasteiger partial charge in [0.15, 0.2) is 14.6 Å². The van der Waals surface area contributed by atoms with Gasteiger partial charge in [-0.1, -0.05) is 23.5 Å². The van der Waals surface area contributed by atoms with E-state index in [1.165, 1.54) is 23.5 Å². The van der Waals surface area contributed by atoms with Crippen molar-refractivity contribution >= 4 is 49.1 Å². The summed E-state index contributed by atoms with van der Waals surface area (Å²) in [5.41, 5.74) is 2.47. The Kier molecular flexibility index (Phi) is 5.88. The fraction of sp³-hybridized carbons (Fsp3) is 0.263. The molecule has 0 spiro atoms. The van der Waals surface area contributed by atoms with Crippen LogP contribution in [0, 0.1) is 6.92 Å². The van der Waals surface area contributed by atoms with E-state index in [1.54, 1.807) is 23.9 Å². The van der Waals surface area contributed by atoms with Crippen molar-refractivity contribution in [1.82, 2.24) is 4.57 Å². The van der Waals surface area contributed by atoms with Crippen molar-refractivity contribution in [2.45, 2.75) is 18.4 Å². The Morgan fingerprint density at radius 1 is 1.22 bits per heavy atom. The Balaban J connectivity index is 2.11. The van der Waals surface area contributed by atoms with Crippen molar-refractivity contribution in [2.24, 2.45) is 4.99 Å². The molecule has 0 bridgehead atoms. The van der Waals surface area contributed by atoms with Crippen LogP contribution < -0.4 is 4.80 Å². The Morgan fingerprint density at radius 2 is 2.00 bits per heavy atom.